The molecule has 2 amide bonds. The summed E-state index contributed by atoms with van der Waals surface area (Å²) in [6.45, 7) is 3.10. The number of amides is 2. The molecule has 0 saturated heterocycles. The molecular weight excluding hydrogens is 409 g/mol. The highest BCUT2D eigenvalue weighted by Gasteiger charge is 2.20. The third kappa shape index (κ3) is 7.18. The van der Waals surface area contributed by atoms with Crippen LogP contribution in [0.4, 0.5) is 10.1 Å². The Morgan fingerprint density at radius 1 is 1.06 bits per heavy atom. The standard InChI is InChI=1S/C21H22FN3O6/c1-13(15-3-7-17(22)8-4-15)24-20(27)14(2)31-19(26)11-12-23-21(28)16-5-9-18(10-6-16)25(29)30/h3-10,13-14H,11-12H2,1-2H3,(H,23,28)(H,24,27)/t13-,14-/m0/s1. The molecule has 2 N–H and O–H groups in total. The molecule has 10 heteroatoms. The van der Waals surface area contributed by atoms with Gasteiger partial charge in [-0.2, -0.15) is 0 Å². The van der Waals surface area contributed by atoms with E-state index in [1.807, 2.05) is 0 Å². The number of hydrogen-bond acceptors (Lipinski definition) is 6. The van der Waals surface area contributed by atoms with Gasteiger partial charge in [0.15, 0.2) is 6.10 Å². The maximum atomic E-state index is 13.0. The summed E-state index contributed by atoms with van der Waals surface area (Å²) in [5.41, 5.74) is 0.768. The quantitative estimate of drug-likeness (QED) is 0.357. The van der Waals surface area contributed by atoms with E-state index >= 15 is 0 Å². The van der Waals surface area contributed by atoms with Gasteiger partial charge >= 0.3 is 5.97 Å². The molecule has 0 aliphatic carbocycles. The largest absolute Gasteiger partial charge is 0.452 e. The molecule has 0 heterocycles. The number of rotatable bonds is 9. The van der Waals surface area contributed by atoms with Gasteiger partial charge in [-0.15, -0.1) is 0 Å². The molecule has 0 bridgehead atoms. The molecule has 31 heavy (non-hydrogen) atoms. The number of carbonyl (C=O) groups excluding carboxylic acids is 3. The molecule has 2 rings (SSSR count). The highest BCUT2D eigenvalue weighted by Crippen LogP contribution is 2.14. The molecule has 2 atom stereocenters. The van der Waals surface area contributed by atoms with Crippen molar-refractivity contribution in [3.63, 3.8) is 0 Å². The summed E-state index contributed by atoms with van der Waals surface area (Å²) >= 11 is 0. The molecule has 2 aromatic rings. The molecular formula is C21H22FN3O6. The van der Waals surface area contributed by atoms with Crippen LogP contribution in [0, 0.1) is 15.9 Å². The van der Waals surface area contributed by atoms with Gasteiger partial charge in [0.05, 0.1) is 17.4 Å². The van der Waals surface area contributed by atoms with Gasteiger partial charge in [0, 0.05) is 24.2 Å². The van der Waals surface area contributed by atoms with Crippen LogP contribution in [0.25, 0.3) is 0 Å². The van der Waals surface area contributed by atoms with Gasteiger partial charge in [0.25, 0.3) is 17.5 Å². The molecule has 164 valence electrons. The number of nitro groups is 1. The van der Waals surface area contributed by atoms with Crippen molar-refractivity contribution in [2.45, 2.75) is 32.4 Å². The summed E-state index contributed by atoms with van der Waals surface area (Å²) in [4.78, 5) is 46.2. The molecule has 0 saturated carbocycles. The van der Waals surface area contributed by atoms with Crippen molar-refractivity contribution in [1.82, 2.24) is 10.6 Å². The maximum Gasteiger partial charge on any atom is 0.308 e. The van der Waals surface area contributed by atoms with Crippen molar-refractivity contribution in [1.29, 1.82) is 0 Å². The van der Waals surface area contributed by atoms with Gasteiger partial charge in [-0.3, -0.25) is 24.5 Å². The topological polar surface area (TPSA) is 128 Å². The fourth-order valence-corrected chi connectivity index (χ4v) is 2.59. The Morgan fingerprint density at radius 2 is 1.68 bits per heavy atom. The van der Waals surface area contributed by atoms with Crippen LogP contribution in [-0.4, -0.2) is 35.4 Å². The third-order valence-corrected chi connectivity index (χ3v) is 4.36. The van der Waals surface area contributed by atoms with Crippen LogP contribution in [0.2, 0.25) is 0 Å². The molecule has 0 aliphatic rings. The molecule has 0 spiro atoms. The second kappa shape index (κ2) is 10.8. The van der Waals surface area contributed by atoms with Crippen LogP contribution in [0.5, 0.6) is 0 Å². The Morgan fingerprint density at radius 3 is 2.26 bits per heavy atom. The molecule has 0 radical (unpaired) electrons. The van der Waals surface area contributed by atoms with E-state index in [0.29, 0.717) is 5.56 Å². The monoisotopic (exact) mass is 431 g/mol. The summed E-state index contributed by atoms with van der Waals surface area (Å²) in [5.74, 6) is -2.08. The minimum atomic E-state index is -1.05. The smallest absolute Gasteiger partial charge is 0.308 e. The number of non-ortho nitro benzene ring substituents is 1. The Bertz CT molecular complexity index is 947. The molecule has 0 aromatic heterocycles. The van der Waals surface area contributed by atoms with Gasteiger partial charge in [0.1, 0.15) is 5.82 Å². The second-order valence-electron chi connectivity index (χ2n) is 6.72. The number of esters is 1. The number of ether oxygens (including phenoxy) is 1. The second-order valence-corrected chi connectivity index (χ2v) is 6.72. The van der Waals surface area contributed by atoms with E-state index in [2.05, 4.69) is 10.6 Å². The van der Waals surface area contributed by atoms with Gasteiger partial charge in [-0.25, -0.2) is 4.39 Å². The predicted molar refractivity (Wildman–Crippen MR) is 109 cm³/mol. The lowest BCUT2D eigenvalue weighted by atomic mass is 10.1. The zero-order valence-corrected chi connectivity index (χ0v) is 17.0. The lowest BCUT2D eigenvalue weighted by molar-refractivity contribution is -0.384. The van der Waals surface area contributed by atoms with Gasteiger partial charge in [-0.1, -0.05) is 12.1 Å². The Hall–Kier alpha value is -3.82. The Kier molecular flexibility index (Phi) is 8.18. The number of carbonyl (C=O) groups is 3. The number of halogens is 1. The summed E-state index contributed by atoms with van der Waals surface area (Å²) in [5, 5.41) is 15.8. The van der Waals surface area contributed by atoms with Crippen LogP contribution in [-0.2, 0) is 14.3 Å². The fourth-order valence-electron chi connectivity index (χ4n) is 2.59. The summed E-state index contributed by atoms with van der Waals surface area (Å²) in [6.07, 6.45) is -1.22. The minimum absolute atomic E-state index is 0.0328. The van der Waals surface area contributed by atoms with Crippen molar-refractivity contribution in [2.24, 2.45) is 0 Å². The molecule has 0 aliphatic heterocycles. The zero-order valence-electron chi connectivity index (χ0n) is 17.0. The van der Waals surface area contributed by atoms with E-state index < -0.39 is 34.9 Å². The molecule has 2 aromatic carbocycles. The van der Waals surface area contributed by atoms with E-state index in [9.17, 15) is 28.9 Å². The number of nitro benzene ring substituents is 1. The first-order chi connectivity index (χ1) is 14.7. The van der Waals surface area contributed by atoms with Crippen molar-refractivity contribution in [3.8, 4) is 0 Å². The molecule has 9 nitrogen and oxygen atoms in total. The lowest BCUT2D eigenvalue weighted by Crippen LogP contribution is -2.37. The summed E-state index contributed by atoms with van der Waals surface area (Å²) < 4.78 is 18.0. The predicted octanol–water partition coefficient (Wildman–Crippen LogP) is 2.66. The SMILES string of the molecule is C[C@H](OC(=O)CCNC(=O)c1ccc([N+](=O)[O-])cc1)C(=O)N[C@@H](C)c1ccc(F)cc1. The maximum absolute atomic E-state index is 13.0. The van der Waals surface area contributed by atoms with E-state index in [1.165, 1.54) is 43.3 Å². The van der Waals surface area contributed by atoms with Crippen LogP contribution in [0.1, 0.15) is 42.2 Å². The highest BCUT2D eigenvalue weighted by atomic mass is 19.1. The summed E-state index contributed by atoms with van der Waals surface area (Å²) in [7, 11) is 0. The van der Waals surface area contributed by atoms with Crippen molar-refractivity contribution in [3.05, 3.63) is 75.6 Å². The number of nitrogens with zero attached hydrogens (tertiary/aromatic N) is 1. The first-order valence-corrected chi connectivity index (χ1v) is 9.45. The van der Waals surface area contributed by atoms with Crippen molar-refractivity contribution in [2.75, 3.05) is 6.54 Å². The van der Waals surface area contributed by atoms with E-state index in [1.54, 1.807) is 19.1 Å². The van der Waals surface area contributed by atoms with Crippen LogP contribution in [0.3, 0.4) is 0 Å². The first kappa shape index (κ1) is 23.5. The van der Waals surface area contributed by atoms with Crippen LogP contribution < -0.4 is 10.6 Å². The van der Waals surface area contributed by atoms with Crippen LogP contribution in [0.15, 0.2) is 48.5 Å². The summed E-state index contributed by atoms with van der Waals surface area (Å²) in [6, 6.07) is 10.3. The minimum Gasteiger partial charge on any atom is -0.452 e. The normalized spacial score (nSPS) is 12.4. The van der Waals surface area contributed by atoms with Gasteiger partial charge in [0.2, 0.25) is 0 Å². The average molecular weight is 431 g/mol. The Balaban J connectivity index is 1.74. The number of nitrogens with one attached hydrogen (secondary N) is 2. The Labute approximate surface area is 177 Å². The van der Waals surface area contributed by atoms with Crippen molar-refractivity contribution < 1.29 is 28.4 Å². The number of benzene rings is 2. The molecule has 0 fully saturated rings. The van der Waals surface area contributed by atoms with Gasteiger partial charge < -0.3 is 15.4 Å². The van der Waals surface area contributed by atoms with Crippen molar-refractivity contribution >= 4 is 23.5 Å². The lowest BCUT2D eigenvalue weighted by Gasteiger charge is -2.18. The zero-order chi connectivity index (χ0) is 23.0. The third-order valence-electron chi connectivity index (χ3n) is 4.36. The van der Waals surface area contributed by atoms with E-state index in [4.69, 9.17) is 4.74 Å². The first-order valence-electron chi connectivity index (χ1n) is 9.45. The highest BCUT2D eigenvalue weighted by molar-refractivity contribution is 5.94. The van der Waals surface area contributed by atoms with Gasteiger partial charge in [-0.05, 0) is 43.7 Å². The number of hydrogen-bond donors (Lipinski definition) is 2. The van der Waals surface area contributed by atoms with E-state index in [-0.39, 0.29) is 30.0 Å². The van der Waals surface area contributed by atoms with Crippen LogP contribution >= 0.6 is 0 Å². The average Bonchev–Trinajstić information content (AvgIpc) is 2.74. The fraction of sp³-hybridized carbons (Fsp3) is 0.286. The van der Waals surface area contributed by atoms with E-state index in [0.717, 1.165) is 0 Å². The molecule has 0 unspecified atom stereocenters.